The van der Waals surface area contributed by atoms with Crippen molar-refractivity contribution in [2.45, 2.75) is 47.6 Å². The molecule has 0 saturated carbocycles. The highest BCUT2D eigenvalue weighted by Gasteiger charge is 2.22. The first-order chi connectivity index (χ1) is 13.9. The van der Waals surface area contributed by atoms with Crippen LogP contribution >= 0.6 is 0 Å². The van der Waals surface area contributed by atoms with Crippen LogP contribution in [0.3, 0.4) is 0 Å². The number of hydrogen-bond donors (Lipinski definition) is 0. The predicted octanol–water partition coefficient (Wildman–Crippen LogP) is 5.01. The molecule has 0 atom stereocenters. The van der Waals surface area contributed by atoms with Crippen molar-refractivity contribution < 1.29 is 23.5 Å². The summed E-state index contributed by atoms with van der Waals surface area (Å²) in [4.78, 5) is 25.1. The third-order valence-electron chi connectivity index (χ3n) is 5.06. The summed E-state index contributed by atoms with van der Waals surface area (Å²) in [6.45, 7) is 10.8. The second-order valence-electron chi connectivity index (χ2n) is 7.08. The SMILES string of the molecule is CCCn1c(C)cc(C(=O)COC(=O)c2oc3ccc(OCC)cc3c2C)c1C. The van der Waals surface area contributed by atoms with E-state index in [1.807, 2.05) is 32.9 Å². The number of ether oxygens (including phenoxy) is 2. The number of aryl methyl sites for hydroxylation is 2. The van der Waals surface area contributed by atoms with E-state index in [0.29, 0.717) is 29.1 Å². The average Bonchev–Trinajstić information content (AvgIpc) is 3.18. The lowest BCUT2D eigenvalue weighted by Crippen LogP contribution is -2.15. The van der Waals surface area contributed by atoms with Crippen molar-refractivity contribution in [3.8, 4) is 5.75 Å². The molecule has 0 radical (unpaired) electrons. The summed E-state index contributed by atoms with van der Waals surface area (Å²) in [7, 11) is 0. The molecule has 0 N–H and O–H groups in total. The zero-order valence-electron chi connectivity index (χ0n) is 17.6. The van der Waals surface area contributed by atoms with Crippen molar-refractivity contribution >= 4 is 22.7 Å². The molecule has 6 heteroatoms. The molecule has 154 valence electrons. The molecule has 6 nitrogen and oxygen atoms in total. The Balaban J connectivity index is 1.75. The van der Waals surface area contributed by atoms with Crippen molar-refractivity contribution in [1.29, 1.82) is 0 Å². The highest BCUT2D eigenvalue weighted by Crippen LogP contribution is 2.29. The monoisotopic (exact) mass is 397 g/mol. The number of fused-ring (bicyclic) bond motifs is 1. The van der Waals surface area contributed by atoms with Gasteiger partial charge in [-0.05, 0) is 58.4 Å². The molecule has 0 aliphatic carbocycles. The average molecular weight is 397 g/mol. The van der Waals surface area contributed by atoms with Gasteiger partial charge >= 0.3 is 5.97 Å². The van der Waals surface area contributed by atoms with Gasteiger partial charge in [-0.1, -0.05) is 6.92 Å². The van der Waals surface area contributed by atoms with Gasteiger partial charge in [-0.25, -0.2) is 4.79 Å². The fourth-order valence-corrected chi connectivity index (χ4v) is 3.58. The number of Topliss-reactive ketones (excluding diaryl/α,β-unsaturated/α-hetero) is 1. The molecule has 0 aliphatic rings. The van der Waals surface area contributed by atoms with Gasteiger partial charge in [0.15, 0.2) is 6.61 Å². The van der Waals surface area contributed by atoms with Crippen LogP contribution in [-0.4, -0.2) is 29.5 Å². The van der Waals surface area contributed by atoms with E-state index < -0.39 is 5.97 Å². The summed E-state index contributed by atoms with van der Waals surface area (Å²) in [5, 5.41) is 0.789. The predicted molar refractivity (Wildman–Crippen MR) is 111 cm³/mol. The lowest BCUT2D eigenvalue weighted by molar-refractivity contribution is 0.0445. The number of hydrogen-bond acceptors (Lipinski definition) is 5. The van der Waals surface area contributed by atoms with E-state index in [1.165, 1.54) is 0 Å². The Bertz CT molecular complexity index is 1060. The van der Waals surface area contributed by atoms with Crippen LogP contribution < -0.4 is 4.74 Å². The van der Waals surface area contributed by atoms with Gasteiger partial charge in [0, 0.05) is 34.4 Å². The lowest BCUT2D eigenvalue weighted by atomic mass is 10.1. The maximum Gasteiger partial charge on any atom is 0.375 e. The molecule has 3 rings (SSSR count). The number of carbonyl (C=O) groups excluding carboxylic acids is 2. The van der Waals surface area contributed by atoms with Crippen molar-refractivity contribution in [2.24, 2.45) is 0 Å². The van der Waals surface area contributed by atoms with Crippen LogP contribution in [-0.2, 0) is 11.3 Å². The summed E-state index contributed by atoms with van der Waals surface area (Å²) in [6.07, 6.45) is 0.981. The number of benzene rings is 1. The maximum absolute atomic E-state index is 12.6. The van der Waals surface area contributed by atoms with Crippen LogP contribution in [0.5, 0.6) is 5.75 Å². The molecule has 0 fully saturated rings. The van der Waals surface area contributed by atoms with Gasteiger partial charge in [-0.15, -0.1) is 0 Å². The number of nitrogens with zero attached hydrogens (tertiary/aromatic N) is 1. The molecule has 0 aliphatic heterocycles. The first-order valence-corrected chi connectivity index (χ1v) is 9.90. The van der Waals surface area contributed by atoms with Gasteiger partial charge in [0.25, 0.3) is 0 Å². The molecule has 0 bridgehead atoms. The third-order valence-corrected chi connectivity index (χ3v) is 5.06. The molecule has 0 saturated heterocycles. The highest BCUT2D eigenvalue weighted by atomic mass is 16.5. The van der Waals surface area contributed by atoms with Crippen molar-refractivity contribution in [1.82, 2.24) is 4.57 Å². The van der Waals surface area contributed by atoms with E-state index in [4.69, 9.17) is 13.9 Å². The zero-order chi connectivity index (χ0) is 21.1. The number of carbonyl (C=O) groups is 2. The second-order valence-corrected chi connectivity index (χ2v) is 7.08. The first-order valence-electron chi connectivity index (χ1n) is 9.90. The summed E-state index contributed by atoms with van der Waals surface area (Å²) < 4.78 is 18.5. The van der Waals surface area contributed by atoms with Crippen LogP contribution in [0.15, 0.2) is 28.7 Å². The van der Waals surface area contributed by atoms with Crippen molar-refractivity contribution in [2.75, 3.05) is 13.2 Å². The lowest BCUT2D eigenvalue weighted by Gasteiger charge is -2.08. The van der Waals surface area contributed by atoms with Gasteiger partial charge in [-0.3, -0.25) is 4.79 Å². The molecule has 0 spiro atoms. The molecular weight excluding hydrogens is 370 g/mol. The Kier molecular flexibility index (Phi) is 6.11. The Labute approximate surface area is 170 Å². The molecule has 2 heterocycles. The van der Waals surface area contributed by atoms with E-state index in [0.717, 1.165) is 29.7 Å². The van der Waals surface area contributed by atoms with Crippen LogP contribution in [0, 0.1) is 20.8 Å². The second kappa shape index (κ2) is 8.55. The van der Waals surface area contributed by atoms with Gasteiger partial charge in [0.05, 0.1) is 6.61 Å². The number of rotatable bonds is 8. The van der Waals surface area contributed by atoms with E-state index >= 15 is 0 Å². The van der Waals surface area contributed by atoms with Crippen LogP contribution in [0.4, 0.5) is 0 Å². The van der Waals surface area contributed by atoms with Gasteiger partial charge < -0.3 is 18.5 Å². The summed E-state index contributed by atoms with van der Waals surface area (Å²) >= 11 is 0. The van der Waals surface area contributed by atoms with Gasteiger partial charge in [0.2, 0.25) is 11.5 Å². The fourth-order valence-electron chi connectivity index (χ4n) is 3.58. The number of furan rings is 1. The molecule has 3 aromatic rings. The summed E-state index contributed by atoms with van der Waals surface area (Å²) in [5.74, 6) is -0.0482. The van der Waals surface area contributed by atoms with Crippen molar-refractivity contribution in [3.05, 3.63) is 52.5 Å². The quantitative estimate of drug-likeness (QED) is 0.395. The van der Waals surface area contributed by atoms with E-state index in [9.17, 15) is 9.59 Å². The first kappa shape index (κ1) is 20.7. The summed E-state index contributed by atoms with van der Waals surface area (Å²) in [5.41, 5.74) is 3.75. The van der Waals surface area contributed by atoms with Crippen LogP contribution in [0.25, 0.3) is 11.0 Å². The van der Waals surface area contributed by atoms with Gasteiger partial charge in [0.1, 0.15) is 11.3 Å². The van der Waals surface area contributed by atoms with Gasteiger partial charge in [-0.2, -0.15) is 0 Å². The minimum Gasteiger partial charge on any atom is -0.494 e. The highest BCUT2D eigenvalue weighted by molar-refractivity contribution is 6.01. The Hall–Kier alpha value is -3.02. The number of aromatic nitrogens is 1. The minimum atomic E-state index is -0.646. The smallest absolute Gasteiger partial charge is 0.375 e. The normalized spacial score (nSPS) is 11.1. The van der Waals surface area contributed by atoms with E-state index in [1.54, 1.807) is 19.1 Å². The fraction of sp³-hybridized carbons (Fsp3) is 0.391. The standard InChI is InChI=1S/C23H27NO5/c1-6-10-24-14(3)11-19(16(24)5)20(25)13-28-23(26)22-15(4)18-12-17(27-7-2)8-9-21(18)29-22/h8-9,11-12H,6-7,10,13H2,1-5H3. The molecular formula is C23H27NO5. The topological polar surface area (TPSA) is 70.7 Å². The minimum absolute atomic E-state index is 0.109. The molecule has 0 unspecified atom stereocenters. The Morgan fingerprint density at radius 2 is 1.86 bits per heavy atom. The number of ketones is 1. The van der Waals surface area contributed by atoms with E-state index in [2.05, 4.69) is 11.5 Å². The van der Waals surface area contributed by atoms with Crippen LogP contribution in [0.2, 0.25) is 0 Å². The third kappa shape index (κ3) is 4.06. The summed E-state index contributed by atoms with van der Waals surface area (Å²) in [6, 6.07) is 7.24. The largest absolute Gasteiger partial charge is 0.494 e. The number of esters is 1. The van der Waals surface area contributed by atoms with E-state index in [-0.39, 0.29) is 18.2 Å². The van der Waals surface area contributed by atoms with Crippen molar-refractivity contribution in [3.63, 3.8) is 0 Å². The molecule has 1 aromatic carbocycles. The maximum atomic E-state index is 12.6. The Morgan fingerprint density at radius 1 is 1.10 bits per heavy atom. The van der Waals surface area contributed by atoms with Crippen LogP contribution in [0.1, 0.15) is 58.1 Å². The molecule has 29 heavy (non-hydrogen) atoms. The molecule has 0 amide bonds. The zero-order valence-corrected chi connectivity index (χ0v) is 17.6. The molecule has 2 aromatic heterocycles. The Morgan fingerprint density at radius 3 is 2.55 bits per heavy atom.